The molecule has 1 atom stereocenters. The fraction of sp³-hybridized carbons (Fsp3) is 0.391. The summed E-state index contributed by atoms with van der Waals surface area (Å²) in [6.45, 7) is 6.52. The average Bonchev–Trinajstić information content (AvgIpc) is 2.71. The molecule has 2 heterocycles. The van der Waals surface area contributed by atoms with E-state index in [4.69, 9.17) is 4.74 Å². The molecule has 5 heteroatoms. The van der Waals surface area contributed by atoms with Crippen LogP contribution in [0.1, 0.15) is 26.2 Å². The maximum Gasteiger partial charge on any atom is 0.259 e. The normalized spacial score (nSPS) is 17.7. The van der Waals surface area contributed by atoms with E-state index in [-0.39, 0.29) is 5.56 Å². The van der Waals surface area contributed by atoms with Crippen molar-refractivity contribution in [3.8, 4) is 17.1 Å². The average molecular weight is 377 g/mol. The van der Waals surface area contributed by atoms with Crippen LogP contribution in [0.25, 0.3) is 22.3 Å². The number of aromatic nitrogens is 2. The zero-order valence-corrected chi connectivity index (χ0v) is 16.4. The van der Waals surface area contributed by atoms with E-state index in [1.807, 2.05) is 42.5 Å². The third kappa shape index (κ3) is 4.42. The first kappa shape index (κ1) is 18.7. The molecule has 1 aromatic heterocycles. The van der Waals surface area contributed by atoms with E-state index in [2.05, 4.69) is 21.8 Å². The van der Waals surface area contributed by atoms with Gasteiger partial charge in [-0.05, 0) is 56.0 Å². The summed E-state index contributed by atoms with van der Waals surface area (Å²) in [6.07, 6.45) is 3.67. The van der Waals surface area contributed by atoms with Crippen LogP contribution in [0, 0.1) is 5.92 Å². The van der Waals surface area contributed by atoms with Crippen LogP contribution in [0.5, 0.6) is 5.75 Å². The van der Waals surface area contributed by atoms with Crippen LogP contribution < -0.4 is 10.3 Å². The lowest BCUT2D eigenvalue weighted by Crippen LogP contribution is -2.35. The van der Waals surface area contributed by atoms with E-state index in [9.17, 15) is 4.79 Å². The van der Waals surface area contributed by atoms with Crippen LogP contribution in [-0.2, 0) is 0 Å². The van der Waals surface area contributed by atoms with Crippen LogP contribution in [0.4, 0.5) is 0 Å². The van der Waals surface area contributed by atoms with E-state index < -0.39 is 0 Å². The third-order valence-electron chi connectivity index (χ3n) is 5.35. The molecule has 0 bridgehead atoms. The molecule has 4 rings (SSSR count). The van der Waals surface area contributed by atoms with E-state index >= 15 is 0 Å². The summed E-state index contributed by atoms with van der Waals surface area (Å²) in [7, 11) is 0. The number of nitrogens with zero attached hydrogens (tertiary/aromatic N) is 2. The Morgan fingerprint density at radius 1 is 1.21 bits per heavy atom. The largest absolute Gasteiger partial charge is 0.494 e. The maximum absolute atomic E-state index is 12.3. The SMILES string of the molecule is CC1CCCN(CCCOc2cccc(-c3nc4ccccc4c(=O)[nH]3)c2)C1. The Labute approximate surface area is 165 Å². The van der Waals surface area contributed by atoms with E-state index in [0.29, 0.717) is 23.3 Å². The summed E-state index contributed by atoms with van der Waals surface area (Å²) in [5.41, 5.74) is 1.43. The van der Waals surface area contributed by atoms with Gasteiger partial charge in [0.05, 0.1) is 17.5 Å². The number of benzene rings is 2. The lowest BCUT2D eigenvalue weighted by atomic mass is 10.0. The smallest absolute Gasteiger partial charge is 0.259 e. The maximum atomic E-state index is 12.3. The van der Waals surface area contributed by atoms with Crippen LogP contribution in [0.2, 0.25) is 0 Å². The molecular weight excluding hydrogens is 350 g/mol. The van der Waals surface area contributed by atoms with E-state index in [1.165, 1.54) is 25.9 Å². The molecule has 0 aliphatic carbocycles. The van der Waals surface area contributed by atoms with Crippen molar-refractivity contribution in [2.75, 3.05) is 26.2 Å². The Bertz CT molecular complexity index is 998. The molecule has 28 heavy (non-hydrogen) atoms. The molecule has 0 radical (unpaired) electrons. The van der Waals surface area contributed by atoms with E-state index in [1.54, 1.807) is 6.07 Å². The zero-order valence-electron chi connectivity index (χ0n) is 16.4. The summed E-state index contributed by atoms with van der Waals surface area (Å²) in [4.78, 5) is 22.3. The predicted molar refractivity (Wildman–Crippen MR) is 113 cm³/mol. The highest BCUT2D eigenvalue weighted by molar-refractivity contribution is 5.79. The van der Waals surface area contributed by atoms with Gasteiger partial charge in [0, 0.05) is 18.7 Å². The first-order valence-electron chi connectivity index (χ1n) is 10.1. The highest BCUT2D eigenvalue weighted by Crippen LogP contribution is 2.22. The van der Waals surface area contributed by atoms with Gasteiger partial charge in [0.25, 0.3) is 5.56 Å². The number of rotatable bonds is 6. The van der Waals surface area contributed by atoms with Crippen molar-refractivity contribution in [1.82, 2.24) is 14.9 Å². The first-order chi connectivity index (χ1) is 13.7. The molecule has 2 aromatic carbocycles. The number of nitrogens with one attached hydrogen (secondary N) is 1. The molecule has 1 unspecified atom stereocenters. The highest BCUT2D eigenvalue weighted by Gasteiger charge is 2.15. The molecule has 5 nitrogen and oxygen atoms in total. The van der Waals surface area contributed by atoms with Gasteiger partial charge in [-0.25, -0.2) is 4.98 Å². The minimum Gasteiger partial charge on any atom is -0.494 e. The number of likely N-dealkylation sites (tertiary alicyclic amines) is 1. The van der Waals surface area contributed by atoms with Crippen molar-refractivity contribution in [3.63, 3.8) is 0 Å². The molecular formula is C23H27N3O2. The van der Waals surface area contributed by atoms with Crippen LogP contribution in [0.3, 0.4) is 0 Å². The quantitative estimate of drug-likeness (QED) is 0.658. The Kier molecular flexibility index (Phi) is 5.72. The van der Waals surface area contributed by atoms with Crippen molar-refractivity contribution in [1.29, 1.82) is 0 Å². The second kappa shape index (κ2) is 8.57. The zero-order chi connectivity index (χ0) is 19.3. The van der Waals surface area contributed by atoms with Gasteiger partial charge in [-0.3, -0.25) is 4.79 Å². The molecule has 146 valence electrons. The van der Waals surface area contributed by atoms with Gasteiger partial charge >= 0.3 is 0 Å². The number of H-pyrrole nitrogens is 1. The fourth-order valence-corrected chi connectivity index (χ4v) is 3.92. The molecule has 0 saturated carbocycles. The minimum atomic E-state index is -0.123. The van der Waals surface area contributed by atoms with Crippen LogP contribution in [-0.4, -0.2) is 41.1 Å². The highest BCUT2D eigenvalue weighted by atomic mass is 16.5. The molecule has 1 N–H and O–H groups in total. The topological polar surface area (TPSA) is 58.2 Å². The summed E-state index contributed by atoms with van der Waals surface area (Å²) in [5, 5.41) is 0.602. The van der Waals surface area contributed by atoms with Crippen LogP contribution >= 0.6 is 0 Å². The molecule has 3 aromatic rings. The molecule has 1 aliphatic rings. The monoisotopic (exact) mass is 377 g/mol. The van der Waals surface area contributed by atoms with Crippen LogP contribution in [0.15, 0.2) is 53.3 Å². The summed E-state index contributed by atoms with van der Waals surface area (Å²) >= 11 is 0. The number of aromatic amines is 1. The van der Waals surface area contributed by atoms with Gasteiger partial charge in [-0.15, -0.1) is 0 Å². The van der Waals surface area contributed by atoms with Crippen molar-refractivity contribution in [3.05, 3.63) is 58.9 Å². The second-order valence-electron chi connectivity index (χ2n) is 7.71. The Morgan fingerprint density at radius 3 is 3.00 bits per heavy atom. The van der Waals surface area contributed by atoms with Gasteiger partial charge in [-0.1, -0.05) is 31.2 Å². The number of piperidine rings is 1. The molecule has 0 amide bonds. The van der Waals surface area contributed by atoms with Gasteiger partial charge < -0.3 is 14.6 Å². The molecule has 1 saturated heterocycles. The number of para-hydroxylation sites is 1. The van der Waals surface area contributed by atoms with Gasteiger partial charge in [0.1, 0.15) is 11.6 Å². The number of ether oxygens (including phenoxy) is 1. The van der Waals surface area contributed by atoms with Gasteiger partial charge in [0.2, 0.25) is 0 Å². The summed E-state index contributed by atoms with van der Waals surface area (Å²) in [6, 6.07) is 15.1. The number of hydrogen-bond donors (Lipinski definition) is 1. The minimum absolute atomic E-state index is 0.123. The molecule has 0 spiro atoms. The standard InChI is InChI=1S/C23H27N3O2/c1-17-7-5-12-26(16-17)13-6-14-28-19-9-4-8-18(15-19)22-24-21-11-3-2-10-20(21)23(27)25-22/h2-4,8-11,15,17H,5-7,12-14,16H2,1H3,(H,24,25,27). The second-order valence-corrected chi connectivity index (χ2v) is 7.71. The lowest BCUT2D eigenvalue weighted by Gasteiger charge is -2.30. The Balaban J connectivity index is 1.40. The number of fused-ring (bicyclic) bond motifs is 1. The van der Waals surface area contributed by atoms with E-state index in [0.717, 1.165) is 30.2 Å². The number of hydrogen-bond acceptors (Lipinski definition) is 4. The summed E-state index contributed by atoms with van der Waals surface area (Å²) < 4.78 is 5.96. The fourth-order valence-electron chi connectivity index (χ4n) is 3.92. The van der Waals surface area contributed by atoms with Gasteiger partial charge in [-0.2, -0.15) is 0 Å². The first-order valence-corrected chi connectivity index (χ1v) is 10.1. The van der Waals surface area contributed by atoms with Crippen molar-refractivity contribution >= 4 is 10.9 Å². The van der Waals surface area contributed by atoms with Crippen molar-refractivity contribution in [2.24, 2.45) is 5.92 Å². The predicted octanol–water partition coefficient (Wildman–Crippen LogP) is 4.09. The lowest BCUT2D eigenvalue weighted by molar-refractivity contribution is 0.170. The van der Waals surface area contributed by atoms with Gasteiger partial charge in [0.15, 0.2) is 0 Å². The van der Waals surface area contributed by atoms with Crippen molar-refractivity contribution in [2.45, 2.75) is 26.2 Å². The third-order valence-corrected chi connectivity index (χ3v) is 5.35. The molecule has 1 aliphatic heterocycles. The Morgan fingerprint density at radius 2 is 2.11 bits per heavy atom. The summed E-state index contributed by atoms with van der Waals surface area (Å²) in [5.74, 6) is 2.18. The molecule has 1 fully saturated rings. The van der Waals surface area contributed by atoms with Crippen molar-refractivity contribution < 1.29 is 4.74 Å². The Hall–Kier alpha value is -2.66.